The number of hydrogen-bond donors (Lipinski definition) is 1. The molecule has 1 unspecified atom stereocenters. The van der Waals surface area contributed by atoms with Crippen molar-refractivity contribution < 1.29 is 9.32 Å². The van der Waals surface area contributed by atoms with Crippen molar-refractivity contribution in [1.29, 1.82) is 0 Å². The smallest absolute Gasteiger partial charge is 0.253 e. The van der Waals surface area contributed by atoms with E-state index in [1.165, 1.54) is 6.39 Å². The van der Waals surface area contributed by atoms with Gasteiger partial charge < -0.3 is 14.4 Å². The highest BCUT2D eigenvalue weighted by Crippen LogP contribution is 2.16. The highest BCUT2D eigenvalue weighted by molar-refractivity contribution is 5.95. The molecule has 2 rings (SSSR count). The van der Waals surface area contributed by atoms with E-state index in [0.29, 0.717) is 11.4 Å². The lowest BCUT2D eigenvalue weighted by Crippen LogP contribution is -2.27. The highest BCUT2D eigenvalue weighted by atomic mass is 16.5. The van der Waals surface area contributed by atoms with E-state index in [1.54, 1.807) is 0 Å². The molecule has 2 aromatic rings. The lowest BCUT2D eigenvalue weighted by Gasteiger charge is -2.10. The quantitative estimate of drug-likeness (QED) is 0.914. The van der Waals surface area contributed by atoms with Gasteiger partial charge in [0.2, 0.25) is 6.39 Å². The molecule has 2 aromatic heterocycles. The lowest BCUT2D eigenvalue weighted by molar-refractivity contribution is 0.0937. The molecule has 0 saturated heterocycles. The summed E-state index contributed by atoms with van der Waals surface area (Å²) in [6.45, 7) is 8.68. The van der Waals surface area contributed by atoms with Crippen molar-refractivity contribution in [1.82, 2.24) is 20.0 Å². The number of carbonyl (C=O) groups excluding carboxylic acids is 1. The molecule has 0 aliphatic rings. The Balaban J connectivity index is 2.17. The molecule has 0 fully saturated rings. The molecule has 0 aliphatic heterocycles. The molecule has 0 aromatic carbocycles. The van der Waals surface area contributed by atoms with Crippen molar-refractivity contribution in [2.45, 2.75) is 40.3 Å². The number of rotatable bonds is 4. The first-order chi connectivity index (χ1) is 9.04. The zero-order chi connectivity index (χ0) is 14.0. The lowest BCUT2D eigenvalue weighted by atomic mass is 10.2. The number of nitrogens with zero attached hydrogens (tertiary/aromatic N) is 3. The maximum absolute atomic E-state index is 12.2. The second-order valence-corrected chi connectivity index (χ2v) is 4.51. The second-order valence-electron chi connectivity index (χ2n) is 4.51. The fourth-order valence-electron chi connectivity index (χ4n) is 2.23. The summed E-state index contributed by atoms with van der Waals surface area (Å²) in [5, 5.41) is 6.58. The van der Waals surface area contributed by atoms with Crippen molar-refractivity contribution in [3.05, 3.63) is 35.2 Å². The molecule has 6 heteroatoms. The van der Waals surface area contributed by atoms with Crippen molar-refractivity contribution in [2.24, 2.45) is 0 Å². The summed E-state index contributed by atoms with van der Waals surface area (Å²) in [4.78, 5) is 16.2. The second kappa shape index (κ2) is 5.26. The van der Waals surface area contributed by atoms with Crippen molar-refractivity contribution in [3.8, 4) is 0 Å². The van der Waals surface area contributed by atoms with E-state index < -0.39 is 0 Å². The summed E-state index contributed by atoms with van der Waals surface area (Å²) in [6.07, 6.45) is 1.25. The van der Waals surface area contributed by atoms with E-state index in [-0.39, 0.29) is 11.9 Å². The number of aromatic nitrogens is 3. The molecule has 102 valence electrons. The standard InChI is InChI=1S/C13H18N4O2/c1-5-17-8(2)6-11(10(17)4)13(18)15-9(3)12-14-7-19-16-12/h6-7,9H,5H2,1-4H3,(H,15,18). The maximum Gasteiger partial charge on any atom is 0.253 e. The topological polar surface area (TPSA) is 73.0 Å². The molecule has 1 N–H and O–H groups in total. The predicted molar refractivity (Wildman–Crippen MR) is 69.8 cm³/mol. The first-order valence-electron chi connectivity index (χ1n) is 6.28. The molecule has 2 heterocycles. The number of amides is 1. The Morgan fingerprint density at radius 3 is 2.79 bits per heavy atom. The molecule has 0 radical (unpaired) electrons. The van der Waals surface area contributed by atoms with Crippen LogP contribution in [0.4, 0.5) is 0 Å². The molecule has 0 aliphatic carbocycles. The Bertz CT molecular complexity index is 572. The van der Waals surface area contributed by atoms with Gasteiger partial charge >= 0.3 is 0 Å². The number of aryl methyl sites for hydroxylation is 1. The van der Waals surface area contributed by atoms with Gasteiger partial charge in [-0.1, -0.05) is 5.16 Å². The van der Waals surface area contributed by atoms with Crippen molar-refractivity contribution >= 4 is 5.91 Å². The minimum Gasteiger partial charge on any atom is -0.349 e. The van der Waals surface area contributed by atoms with Gasteiger partial charge in [0, 0.05) is 17.9 Å². The molecule has 1 atom stereocenters. The van der Waals surface area contributed by atoms with E-state index in [9.17, 15) is 4.79 Å². The Hall–Kier alpha value is -2.11. The maximum atomic E-state index is 12.2. The van der Waals surface area contributed by atoms with E-state index in [0.717, 1.165) is 17.9 Å². The minimum absolute atomic E-state index is 0.120. The Kier molecular flexibility index (Phi) is 3.69. The predicted octanol–water partition coefficient (Wildman–Crippen LogP) is 2.00. The average Bonchev–Trinajstić information content (AvgIpc) is 2.97. The third-order valence-electron chi connectivity index (χ3n) is 3.25. The first-order valence-corrected chi connectivity index (χ1v) is 6.28. The first kappa shape index (κ1) is 13.3. The van der Waals surface area contributed by atoms with Crippen LogP contribution in [0.2, 0.25) is 0 Å². The van der Waals surface area contributed by atoms with E-state index >= 15 is 0 Å². The monoisotopic (exact) mass is 262 g/mol. The molecule has 6 nitrogen and oxygen atoms in total. The molecule has 19 heavy (non-hydrogen) atoms. The minimum atomic E-state index is -0.282. The number of nitrogens with one attached hydrogen (secondary N) is 1. The Labute approximate surface area is 111 Å². The Morgan fingerprint density at radius 2 is 2.26 bits per heavy atom. The normalized spacial score (nSPS) is 12.4. The SMILES string of the molecule is CCn1c(C)cc(C(=O)NC(C)c2ncon2)c1C. The van der Waals surface area contributed by atoms with Crippen LogP contribution >= 0.6 is 0 Å². The molecular formula is C13H18N4O2. The van der Waals surface area contributed by atoms with Crippen LogP contribution < -0.4 is 5.32 Å². The van der Waals surface area contributed by atoms with Gasteiger partial charge in [0.1, 0.15) is 0 Å². The van der Waals surface area contributed by atoms with Gasteiger partial charge in [0.25, 0.3) is 5.91 Å². The van der Waals surface area contributed by atoms with Crippen LogP contribution in [0, 0.1) is 13.8 Å². The number of hydrogen-bond acceptors (Lipinski definition) is 4. The molecule has 0 bridgehead atoms. The molecular weight excluding hydrogens is 244 g/mol. The van der Waals surface area contributed by atoms with Crippen LogP contribution in [0.25, 0.3) is 0 Å². The van der Waals surface area contributed by atoms with Gasteiger partial charge in [-0.3, -0.25) is 4.79 Å². The van der Waals surface area contributed by atoms with Crippen LogP contribution in [0.5, 0.6) is 0 Å². The summed E-state index contributed by atoms with van der Waals surface area (Å²) in [7, 11) is 0. The summed E-state index contributed by atoms with van der Waals surface area (Å²) in [5.74, 6) is 0.350. The van der Waals surface area contributed by atoms with Crippen molar-refractivity contribution in [3.63, 3.8) is 0 Å². The van der Waals surface area contributed by atoms with Gasteiger partial charge in [-0.15, -0.1) is 0 Å². The van der Waals surface area contributed by atoms with Crippen molar-refractivity contribution in [2.75, 3.05) is 0 Å². The fraction of sp³-hybridized carbons (Fsp3) is 0.462. The highest BCUT2D eigenvalue weighted by Gasteiger charge is 2.19. The summed E-state index contributed by atoms with van der Waals surface area (Å²) < 4.78 is 6.78. The van der Waals surface area contributed by atoms with Gasteiger partial charge in [-0.05, 0) is 33.8 Å². The van der Waals surface area contributed by atoms with Gasteiger partial charge in [0.15, 0.2) is 5.82 Å². The van der Waals surface area contributed by atoms with Crippen LogP contribution in [-0.4, -0.2) is 20.6 Å². The summed E-state index contributed by atoms with van der Waals surface area (Å²) in [5.41, 5.74) is 2.74. The molecule has 0 saturated carbocycles. The number of carbonyl (C=O) groups is 1. The summed E-state index contributed by atoms with van der Waals surface area (Å²) >= 11 is 0. The molecule has 1 amide bonds. The molecule has 0 spiro atoms. The van der Waals surface area contributed by atoms with E-state index in [1.807, 2.05) is 26.8 Å². The zero-order valence-corrected chi connectivity index (χ0v) is 11.6. The van der Waals surface area contributed by atoms with Crippen LogP contribution in [0.15, 0.2) is 17.0 Å². The summed E-state index contributed by atoms with van der Waals surface area (Å²) in [6, 6.07) is 1.62. The van der Waals surface area contributed by atoms with E-state index in [2.05, 4.69) is 31.5 Å². The third-order valence-corrected chi connectivity index (χ3v) is 3.25. The van der Waals surface area contributed by atoms with E-state index in [4.69, 9.17) is 0 Å². The van der Waals surface area contributed by atoms with Crippen LogP contribution in [-0.2, 0) is 6.54 Å². The van der Waals surface area contributed by atoms with Gasteiger partial charge in [-0.2, -0.15) is 4.98 Å². The van der Waals surface area contributed by atoms with Gasteiger partial charge in [0.05, 0.1) is 11.6 Å². The average molecular weight is 262 g/mol. The van der Waals surface area contributed by atoms with Crippen LogP contribution in [0.3, 0.4) is 0 Å². The Morgan fingerprint density at radius 1 is 1.53 bits per heavy atom. The third kappa shape index (κ3) is 2.52. The zero-order valence-electron chi connectivity index (χ0n) is 11.6. The van der Waals surface area contributed by atoms with Gasteiger partial charge in [-0.25, -0.2) is 0 Å². The van der Waals surface area contributed by atoms with Crippen LogP contribution in [0.1, 0.15) is 47.5 Å². The largest absolute Gasteiger partial charge is 0.349 e. The fourth-order valence-corrected chi connectivity index (χ4v) is 2.23.